The molecule has 0 atom stereocenters. The van der Waals surface area contributed by atoms with Gasteiger partial charge in [-0.1, -0.05) is 0 Å². The van der Waals surface area contributed by atoms with E-state index in [0.717, 1.165) is 4.47 Å². The lowest BCUT2D eigenvalue weighted by Gasteiger charge is -1.96. The van der Waals surface area contributed by atoms with Gasteiger partial charge in [-0.05, 0) is 59.4 Å². The Kier molecular flexibility index (Phi) is 3.75. The van der Waals surface area contributed by atoms with E-state index in [1.807, 2.05) is 0 Å². The van der Waals surface area contributed by atoms with Crippen molar-refractivity contribution in [1.29, 1.82) is 0 Å². The molecule has 12 heavy (non-hydrogen) atoms. The lowest BCUT2D eigenvalue weighted by molar-refractivity contribution is -0.112. The summed E-state index contributed by atoms with van der Waals surface area (Å²) in [5.41, 5.74) is 0. The van der Waals surface area contributed by atoms with Gasteiger partial charge in [0.1, 0.15) is 15.8 Å². The van der Waals surface area contributed by atoms with Crippen LogP contribution in [-0.4, -0.2) is 15.0 Å². The highest BCUT2D eigenvalue weighted by Crippen LogP contribution is 2.30. The normalized spacial score (nSPS) is 10.3. The van der Waals surface area contributed by atoms with E-state index in [4.69, 9.17) is 11.6 Å². The average molecular weight is 381 g/mol. The Bertz CT molecular complexity index is 325. The minimum atomic E-state index is -0.460. The van der Waals surface area contributed by atoms with Crippen LogP contribution in [0.1, 0.15) is 0 Å². The van der Waals surface area contributed by atoms with Crippen LogP contribution in [0.3, 0.4) is 0 Å². The van der Waals surface area contributed by atoms with Crippen molar-refractivity contribution in [3.05, 3.63) is 13.7 Å². The summed E-state index contributed by atoms with van der Waals surface area (Å²) in [5.74, 6) is 0. The first kappa shape index (κ1) is 10.7. The minimum absolute atomic E-state index is 0.0480. The molecule has 0 unspecified atom stereocenters. The van der Waals surface area contributed by atoms with Gasteiger partial charge in [0.25, 0.3) is 0 Å². The first-order valence-electron chi connectivity index (χ1n) is 2.78. The molecule has 0 bridgehead atoms. The molecule has 1 heterocycles. The summed E-state index contributed by atoms with van der Waals surface area (Å²) in [5, 5.41) is 3.52. The maximum absolute atomic E-state index is 10.5. The molecular weight excluding hydrogens is 379 g/mol. The van der Waals surface area contributed by atoms with Crippen LogP contribution < -0.4 is 0 Å². The molecule has 0 aliphatic carbocycles. The molecule has 3 nitrogen and oxygen atoms in total. The van der Waals surface area contributed by atoms with Crippen molar-refractivity contribution in [1.82, 2.24) is 9.78 Å². The van der Waals surface area contributed by atoms with Crippen molar-refractivity contribution in [3.8, 4) is 0 Å². The zero-order valence-corrected chi connectivity index (χ0v) is 11.0. The second kappa shape index (κ2) is 4.21. The monoisotopic (exact) mass is 378 g/mol. The highest BCUT2D eigenvalue weighted by Gasteiger charge is 2.12. The number of nitrogens with zero attached hydrogens (tertiary/aromatic N) is 2. The van der Waals surface area contributed by atoms with Crippen molar-refractivity contribution < 1.29 is 4.79 Å². The molecule has 0 spiro atoms. The zero-order chi connectivity index (χ0) is 9.30. The second-order valence-electron chi connectivity index (χ2n) is 1.91. The van der Waals surface area contributed by atoms with Crippen LogP contribution in [0.5, 0.6) is 0 Å². The van der Waals surface area contributed by atoms with E-state index in [9.17, 15) is 4.79 Å². The topological polar surface area (TPSA) is 34.9 Å². The minimum Gasteiger partial charge on any atom is -0.279 e. The van der Waals surface area contributed by atoms with Gasteiger partial charge >= 0.3 is 0 Å². The molecule has 0 amide bonds. The van der Waals surface area contributed by atoms with E-state index in [1.54, 1.807) is 0 Å². The largest absolute Gasteiger partial charge is 0.279 e. The van der Waals surface area contributed by atoms with E-state index in [2.05, 4.69) is 52.9 Å². The van der Waals surface area contributed by atoms with Crippen molar-refractivity contribution in [2.45, 2.75) is 6.54 Å². The quantitative estimate of drug-likeness (QED) is 0.739. The van der Waals surface area contributed by atoms with E-state index in [0.29, 0.717) is 9.21 Å². The van der Waals surface area contributed by atoms with Crippen LogP contribution in [0.4, 0.5) is 0 Å². The van der Waals surface area contributed by atoms with Gasteiger partial charge in [-0.25, -0.2) is 4.68 Å². The van der Waals surface area contributed by atoms with Crippen molar-refractivity contribution >= 4 is 64.6 Å². The third-order valence-electron chi connectivity index (χ3n) is 1.07. The van der Waals surface area contributed by atoms with Crippen molar-refractivity contribution in [2.75, 3.05) is 0 Å². The van der Waals surface area contributed by atoms with Crippen LogP contribution in [0.2, 0.25) is 0 Å². The Morgan fingerprint density at radius 1 is 1.50 bits per heavy atom. The van der Waals surface area contributed by atoms with Gasteiger partial charge in [0.15, 0.2) is 0 Å². The third-order valence-corrected chi connectivity index (χ3v) is 4.37. The number of aromatic nitrogens is 2. The van der Waals surface area contributed by atoms with E-state index in [1.165, 1.54) is 4.68 Å². The van der Waals surface area contributed by atoms with Gasteiger partial charge in [-0.2, -0.15) is 5.10 Å². The highest BCUT2D eigenvalue weighted by atomic mass is 79.9. The number of hydrogen-bond acceptors (Lipinski definition) is 2. The Balaban J connectivity index is 3.01. The first-order valence-corrected chi connectivity index (χ1v) is 5.53. The molecule has 0 aliphatic rings. The van der Waals surface area contributed by atoms with E-state index in [-0.39, 0.29) is 6.54 Å². The number of carbonyl (C=O) groups excluding carboxylic acids is 1. The fourth-order valence-electron chi connectivity index (χ4n) is 0.615. The van der Waals surface area contributed by atoms with E-state index >= 15 is 0 Å². The summed E-state index contributed by atoms with van der Waals surface area (Å²) in [7, 11) is 0. The fourth-order valence-corrected chi connectivity index (χ4v) is 2.05. The number of rotatable bonds is 2. The lowest BCUT2D eigenvalue weighted by Crippen LogP contribution is -2.05. The van der Waals surface area contributed by atoms with Crippen LogP contribution in [0, 0.1) is 0 Å². The van der Waals surface area contributed by atoms with E-state index < -0.39 is 5.24 Å². The molecule has 0 aromatic carbocycles. The van der Waals surface area contributed by atoms with Gasteiger partial charge < -0.3 is 0 Å². The molecule has 66 valence electrons. The predicted molar refractivity (Wildman–Crippen MR) is 56.2 cm³/mol. The number of hydrogen-bond donors (Lipinski definition) is 0. The molecule has 7 heteroatoms. The zero-order valence-electron chi connectivity index (χ0n) is 5.52. The molecule has 0 saturated heterocycles. The SMILES string of the molecule is O=C(Cl)Cn1nc(Br)c(Br)c1Br. The van der Waals surface area contributed by atoms with Crippen LogP contribution in [0.25, 0.3) is 0 Å². The van der Waals surface area contributed by atoms with Gasteiger partial charge in [0, 0.05) is 0 Å². The second-order valence-corrected chi connectivity index (χ2v) is 4.63. The summed E-state index contributed by atoms with van der Waals surface area (Å²) in [6, 6.07) is 0. The molecule has 0 saturated carbocycles. The smallest absolute Gasteiger partial charge is 0.243 e. The van der Waals surface area contributed by atoms with Gasteiger partial charge in [-0.3, -0.25) is 4.79 Å². The Labute approximate surface area is 98.8 Å². The van der Waals surface area contributed by atoms with Gasteiger partial charge in [-0.15, -0.1) is 0 Å². The van der Waals surface area contributed by atoms with Gasteiger partial charge in [0.05, 0.1) is 4.47 Å². The van der Waals surface area contributed by atoms with Crippen LogP contribution >= 0.6 is 59.4 Å². The van der Waals surface area contributed by atoms with Crippen LogP contribution in [-0.2, 0) is 11.3 Å². The van der Waals surface area contributed by atoms with Crippen LogP contribution in [0.15, 0.2) is 13.7 Å². The Morgan fingerprint density at radius 2 is 2.08 bits per heavy atom. The Hall–Kier alpha value is 0.610. The molecule has 1 aromatic rings. The average Bonchev–Trinajstić information content (AvgIpc) is 2.17. The lowest BCUT2D eigenvalue weighted by atomic mass is 10.7. The van der Waals surface area contributed by atoms with Crippen molar-refractivity contribution in [3.63, 3.8) is 0 Å². The summed E-state index contributed by atoms with van der Waals surface area (Å²) in [6.07, 6.45) is 0. The maximum Gasteiger partial charge on any atom is 0.243 e. The van der Waals surface area contributed by atoms with Crippen molar-refractivity contribution in [2.24, 2.45) is 0 Å². The third kappa shape index (κ3) is 2.31. The molecule has 1 rings (SSSR count). The fraction of sp³-hybridized carbons (Fsp3) is 0.200. The maximum atomic E-state index is 10.5. The molecular formula is C5H2Br3ClN2O. The highest BCUT2D eigenvalue weighted by molar-refractivity contribution is 9.14. The number of halogens is 4. The summed E-state index contributed by atoms with van der Waals surface area (Å²) in [4.78, 5) is 10.5. The summed E-state index contributed by atoms with van der Waals surface area (Å²) < 4.78 is 3.53. The first-order chi connectivity index (χ1) is 5.52. The predicted octanol–water partition coefficient (Wildman–Crippen LogP) is 2.94. The molecule has 0 N–H and O–H groups in total. The molecule has 1 aromatic heterocycles. The Morgan fingerprint density at radius 3 is 2.42 bits per heavy atom. The molecule has 0 aliphatic heterocycles. The molecule has 0 fully saturated rings. The molecule has 0 radical (unpaired) electrons. The number of carbonyl (C=O) groups is 1. The summed E-state index contributed by atoms with van der Waals surface area (Å²) in [6.45, 7) is 0.0480. The standard InChI is InChI=1S/C5H2Br3ClN2O/c6-3-4(7)10-11(5(3)8)1-2(9)12/h1H2. The van der Waals surface area contributed by atoms with Gasteiger partial charge in [0.2, 0.25) is 5.24 Å². The summed E-state index contributed by atoms with van der Waals surface area (Å²) >= 11 is 14.9.